The zero-order chi connectivity index (χ0) is 12.8. The Hall–Kier alpha value is -1.65. The van der Waals surface area contributed by atoms with Crippen LogP contribution in [0.25, 0.3) is 0 Å². The Morgan fingerprint density at radius 1 is 1.35 bits per heavy atom. The second-order valence-electron chi connectivity index (χ2n) is 5.39. The van der Waals surface area contributed by atoms with Crippen LogP contribution >= 0.6 is 0 Å². The van der Waals surface area contributed by atoms with Crippen molar-refractivity contribution in [3.8, 4) is 0 Å². The van der Waals surface area contributed by atoms with E-state index in [1.807, 2.05) is 20.8 Å². The maximum Gasteiger partial charge on any atom is 0.269 e. The summed E-state index contributed by atoms with van der Waals surface area (Å²) in [6, 6.07) is 0. The van der Waals surface area contributed by atoms with E-state index in [4.69, 9.17) is 5.73 Å². The molecule has 0 aromatic carbocycles. The van der Waals surface area contributed by atoms with Crippen molar-refractivity contribution < 1.29 is 9.59 Å². The van der Waals surface area contributed by atoms with Crippen molar-refractivity contribution in [3.63, 3.8) is 0 Å². The van der Waals surface area contributed by atoms with Crippen LogP contribution in [0.2, 0.25) is 0 Å². The number of aromatic nitrogens is 2. The van der Waals surface area contributed by atoms with Crippen molar-refractivity contribution >= 4 is 11.7 Å². The van der Waals surface area contributed by atoms with Gasteiger partial charge in [-0.15, -0.1) is 0 Å². The fraction of sp³-hybridized carbons (Fsp3) is 0.583. The predicted octanol–water partition coefficient (Wildman–Crippen LogP) is 1.26. The number of hydrogen-bond acceptors (Lipinski definition) is 3. The minimum absolute atomic E-state index is 0.0180. The summed E-state index contributed by atoms with van der Waals surface area (Å²) in [7, 11) is 0. The van der Waals surface area contributed by atoms with Crippen LogP contribution < -0.4 is 5.73 Å². The van der Waals surface area contributed by atoms with E-state index < -0.39 is 5.91 Å². The summed E-state index contributed by atoms with van der Waals surface area (Å²) in [5.74, 6) is -0.643. The molecule has 0 bridgehead atoms. The maximum absolute atomic E-state index is 11.9. The lowest BCUT2D eigenvalue weighted by atomic mass is 9.93. The molecule has 0 saturated heterocycles. The molecule has 0 atom stereocenters. The summed E-state index contributed by atoms with van der Waals surface area (Å²) in [6.07, 6.45) is 2.06. The van der Waals surface area contributed by atoms with Gasteiger partial charge in [-0.25, -0.2) is 0 Å². The minimum Gasteiger partial charge on any atom is -0.364 e. The van der Waals surface area contributed by atoms with Gasteiger partial charge in [-0.1, -0.05) is 0 Å². The van der Waals surface area contributed by atoms with Gasteiger partial charge in [-0.3, -0.25) is 14.3 Å². The van der Waals surface area contributed by atoms with E-state index in [9.17, 15) is 9.59 Å². The third kappa shape index (κ3) is 1.85. The highest BCUT2D eigenvalue weighted by molar-refractivity contribution is 6.07. The van der Waals surface area contributed by atoms with Gasteiger partial charge in [-0.2, -0.15) is 5.10 Å². The molecule has 1 aliphatic rings. The smallest absolute Gasteiger partial charge is 0.269 e. The van der Waals surface area contributed by atoms with Crippen LogP contribution in [0.15, 0.2) is 0 Å². The molecule has 5 nitrogen and oxygen atoms in total. The zero-order valence-corrected chi connectivity index (χ0v) is 10.4. The van der Waals surface area contributed by atoms with Crippen LogP contribution in [-0.4, -0.2) is 21.5 Å². The Morgan fingerprint density at radius 2 is 2.00 bits per heavy atom. The average Bonchev–Trinajstić information content (AvgIpc) is 2.57. The fourth-order valence-electron chi connectivity index (χ4n) is 2.25. The summed E-state index contributed by atoms with van der Waals surface area (Å²) in [6.45, 7) is 5.97. The standard InChI is InChI=1S/C12H17N3O2/c1-12(2,3)15-7-5-4-6-8(16)9(7)10(14-15)11(13)17/h4-6H2,1-3H3,(H2,13,17). The van der Waals surface area contributed by atoms with Crippen LogP contribution in [0.3, 0.4) is 0 Å². The number of fused-ring (bicyclic) bond motifs is 1. The fourth-order valence-corrected chi connectivity index (χ4v) is 2.25. The van der Waals surface area contributed by atoms with Crippen LogP contribution in [-0.2, 0) is 12.0 Å². The Balaban J connectivity index is 2.69. The first kappa shape index (κ1) is 11.8. The second kappa shape index (κ2) is 3.68. The largest absolute Gasteiger partial charge is 0.364 e. The normalized spacial score (nSPS) is 15.8. The van der Waals surface area contributed by atoms with Gasteiger partial charge < -0.3 is 5.73 Å². The van der Waals surface area contributed by atoms with Gasteiger partial charge >= 0.3 is 0 Å². The van der Waals surface area contributed by atoms with Crippen LogP contribution in [0.4, 0.5) is 0 Å². The molecule has 0 spiro atoms. The zero-order valence-electron chi connectivity index (χ0n) is 10.4. The summed E-state index contributed by atoms with van der Waals surface area (Å²) in [4.78, 5) is 23.2. The van der Waals surface area contributed by atoms with Gasteiger partial charge in [0.2, 0.25) is 0 Å². The molecule has 17 heavy (non-hydrogen) atoms. The van der Waals surface area contributed by atoms with E-state index in [2.05, 4.69) is 5.10 Å². The van der Waals surface area contributed by atoms with Crippen molar-refractivity contribution in [2.45, 2.75) is 45.6 Å². The summed E-state index contributed by atoms with van der Waals surface area (Å²) in [5.41, 5.74) is 6.45. The van der Waals surface area contributed by atoms with E-state index in [0.29, 0.717) is 12.0 Å². The molecule has 1 aliphatic carbocycles. The van der Waals surface area contributed by atoms with Gasteiger partial charge in [0.25, 0.3) is 5.91 Å². The van der Waals surface area contributed by atoms with Crippen LogP contribution in [0.5, 0.6) is 0 Å². The topological polar surface area (TPSA) is 78.0 Å². The van der Waals surface area contributed by atoms with Gasteiger partial charge in [-0.05, 0) is 33.6 Å². The molecule has 0 radical (unpaired) electrons. The summed E-state index contributed by atoms with van der Waals surface area (Å²) < 4.78 is 1.76. The highest BCUT2D eigenvalue weighted by atomic mass is 16.1. The second-order valence-corrected chi connectivity index (χ2v) is 5.39. The molecule has 0 aliphatic heterocycles. The number of carbonyl (C=O) groups is 2. The molecular weight excluding hydrogens is 218 g/mol. The van der Waals surface area contributed by atoms with E-state index in [-0.39, 0.29) is 17.0 Å². The quantitative estimate of drug-likeness (QED) is 0.795. The van der Waals surface area contributed by atoms with Gasteiger partial charge in [0.15, 0.2) is 11.5 Å². The van der Waals surface area contributed by atoms with Crippen molar-refractivity contribution in [3.05, 3.63) is 17.0 Å². The molecular formula is C12H17N3O2. The van der Waals surface area contributed by atoms with Crippen LogP contribution in [0.1, 0.15) is 60.2 Å². The lowest BCUT2D eigenvalue weighted by molar-refractivity contribution is 0.0948. The number of carbonyl (C=O) groups excluding carboxylic acids is 2. The molecule has 0 saturated carbocycles. The number of nitrogens with zero attached hydrogens (tertiary/aromatic N) is 2. The summed E-state index contributed by atoms with van der Waals surface area (Å²) in [5, 5.41) is 4.23. The SMILES string of the molecule is CC(C)(C)n1nc(C(N)=O)c2c1CCCC2=O. The molecule has 1 amide bonds. The minimum atomic E-state index is -0.625. The lowest BCUT2D eigenvalue weighted by Crippen LogP contribution is -2.27. The molecule has 2 rings (SSSR count). The van der Waals surface area contributed by atoms with Gasteiger partial charge in [0, 0.05) is 6.42 Å². The average molecular weight is 235 g/mol. The number of nitrogens with two attached hydrogens (primary N) is 1. The first-order valence-electron chi connectivity index (χ1n) is 5.77. The van der Waals surface area contributed by atoms with E-state index in [0.717, 1.165) is 18.5 Å². The molecule has 1 aromatic heterocycles. The van der Waals surface area contributed by atoms with Crippen LogP contribution in [0, 0.1) is 0 Å². The third-order valence-corrected chi connectivity index (χ3v) is 2.95. The molecule has 1 heterocycles. The van der Waals surface area contributed by atoms with Crippen molar-refractivity contribution in [2.75, 3.05) is 0 Å². The first-order chi connectivity index (χ1) is 7.82. The highest BCUT2D eigenvalue weighted by Gasteiger charge is 2.32. The Labute approximate surface area is 100.0 Å². The number of rotatable bonds is 1. The predicted molar refractivity (Wildman–Crippen MR) is 63.0 cm³/mol. The third-order valence-electron chi connectivity index (χ3n) is 2.95. The van der Waals surface area contributed by atoms with E-state index >= 15 is 0 Å². The lowest BCUT2D eigenvalue weighted by Gasteiger charge is -2.24. The van der Waals surface area contributed by atoms with Crippen molar-refractivity contribution in [2.24, 2.45) is 5.73 Å². The van der Waals surface area contributed by atoms with Crippen molar-refractivity contribution in [1.82, 2.24) is 9.78 Å². The number of ketones is 1. The Bertz CT molecular complexity index is 495. The van der Waals surface area contributed by atoms with Gasteiger partial charge in [0.05, 0.1) is 16.8 Å². The Morgan fingerprint density at radius 3 is 2.53 bits per heavy atom. The molecule has 1 aromatic rings. The number of hydrogen-bond donors (Lipinski definition) is 1. The Kier molecular flexibility index (Phi) is 2.56. The molecule has 92 valence electrons. The van der Waals surface area contributed by atoms with E-state index in [1.54, 1.807) is 4.68 Å². The highest BCUT2D eigenvalue weighted by Crippen LogP contribution is 2.28. The number of primary amides is 1. The number of Topliss-reactive ketones (excluding diaryl/α,β-unsaturated/α-hetero) is 1. The number of amides is 1. The van der Waals surface area contributed by atoms with Gasteiger partial charge in [0.1, 0.15) is 0 Å². The molecule has 5 heteroatoms. The van der Waals surface area contributed by atoms with Crippen molar-refractivity contribution in [1.29, 1.82) is 0 Å². The molecule has 0 fully saturated rings. The van der Waals surface area contributed by atoms with E-state index in [1.165, 1.54) is 0 Å². The monoisotopic (exact) mass is 235 g/mol. The first-order valence-corrected chi connectivity index (χ1v) is 5.77. The molecule has 2 N–H and O–H groups in total. The maximum atomic E-state index is 11.9. The molecule has 0 unspecified atom stereocenters. The summed E-state index contributed by atoms with van der Waals surface area (Å²) >= 11 is 0.